The number of ether oxygens (including phenoxy) is 6. The molecule has 0 saturated carbocycles. The fraction of sp³-hybridized carbons (Fsp3) is 0.625. The minimum absolute atomic E-state index is 0.526. The molecule has 0 unspecified atom stereocenters. The summed E-state index contributed by atoms with van der Waals surface area (Å²) in [5, 5.41) is 0. The van der Waals surface area contributed by atoms with Crippen LogP contribution in [-0.2, 0) is 42.0 Å². The Hall–Kier alpha value is -1.42. The van der Waals surface area contributed by atoms with Crippen LogP contribution >= 0.6 is 23.5 Å². The molecule has 2 aromatic rings. The van der Waals surface area contributed by atoms with E-state index in [0.29, 0.717) is 66.1 Å². The molecular formula is C32H46O6S2. The molecule has 0 radical (unpaired) electrons. The van der Waals surface area contributed by atoms with E-state index >= 15 is 0 Å². The van der Waals surface area contributed by atoms with Crippen molar-refractivity contribution >= 4 is 23.5 Å². The van der Waals surface area contributed by atoms with E-state index in [2.05, 4.69) is 41.5 Å². The third kappa shape index (κ3) is 7.69. The lowest BCUT2D eigenvalue weighted by molar-refractivity contribution is -0.00705. The fourth-order valence-electron chi connectivity index (χ4n) is 5.58. The average Bonchev–Trinajstić information content (AvgIpc) is 2.93. The lowest BCUT2D eigenvalue weighted by atomic mass is 9.93. The lowest BCUT2D eigenvalue weighted by Gasteiger charge is -2.25. The maximum atomic E-state index is 6.39. The van der Waals surface area contributed by atoms with Gasteiger partial charge in [-0.25, -0.2) is 0 Å². The quantitative estimate of drug-likeness (QED) is 0.320. The molecule has 0 N–H and O–H groups in total. The molecule has 3 aliphatic rings. The van der Waals surface area contributed by atoms with E-state index in [9.17, 15) is 0 Å². The summed E-state index contributed by atoms with van der Waals surface area (Å²) in [5.41, 5.74) is 13.5. The molecule has 0 fully saturated rings. The molecule has 0 saturated heterocycles. The molecule has 0 amide bonds. The molecular weight excluding hydrogens is 544 g/mol. The van der Waals surface area contributed by atoms with E-state index in [-0.39, 0.29) is 0 Å². The zero-order valence-corrected chi connectivity index (χ0v) is 26.8. The van der Waals surface area contributed by atoms with Gasteiger partial charge in [0.15, 0.2) is 0 Å². The summed E-state index contributed by atoms with van der Waals surface area (Å²) in [4.78, 5) is 0. The van der Waals surface area contributed by atoms with E-state index in [0.717, 1.165) is 34.5 Å². The average molecular weight is 591 g/mol. The summed E-state index contributed by atoms with van der Waals surface area (Å²) in [6, 6.07) is 0. The first kappa shape index (κ1) is 31.5. The summed E-state index contributed by atoms with van der Waals surface area (Å²) in [6.45, 7) is 18.8. The maximum absolute atomic E-state index is 6.39. The zero-order chi connectivity index (χ0) is 28.5. The molecule has 6 bridgehead atoms. The van der Waals surface area contributed by atoms with Crippen molar-refractivity contribution < 1.29 is 28.4 Å². The van der Waals surface area contributed by atoms with Crippen LogP contribution in [0.15, 0.2) is 0 Å². The second kappa shape index (κ2) is 15.7. The number of rotatable bonds is 0. The van der Waals surface area contributed by atoms with E-state index in [1.165, 1.54) is 55.6 Å². The Morgan fingerprint density at radius 1 is 0.350 bits per heavy atom. The van der Waals surface area contributed by atoms with Crippen LogP contribution in [0.25, 0.3) is 0 Å². The monoisotopic (exact) mass is 590 g/mol. The smallest absolute Gasteiger partial charge is 0.125 e. The van der Waals surface area contributed by atoms with Crippen LogP contribution in [0, 0.1) is 41.5 Å². The minimum atomic E-state index is 0.526. The van der Waals surface area contributed by atoms with E-state index in [1.54, 1.807) is 0 Å². The van der Waals surface area contributed by atoms with Crippen molar-refractivity contribution in [2.24, 2.45) is 0 Å². The van der Waals surface area contributed by atoms with Gasteiger partial charge in [0.1, 0.15) is 24.7 Å². The molecule has 0 atom stereocenters. The van der Waals surface area contributed by atoms with Gasteiger partial charge in [0, 0.05) is 23.0 Å². The van der Waals surface area contributed by atoms with Gasteiger partial charge in [-0.2, -0.15) is 23.5 Å². The molecule has 0 spiro atoms. The SMILES string of the molecule is Cc1c2c(C)c3c(C)c1CSCc1c(C)c(c(C)c(c1C)OCCOCCOCCOCCOCCO3)CSC2. The van der Waals surface area contributed by atoms with Gasteiger partial charge in [0.05, 0.1) is 52.9 Å². The van der Waals surface area contributed by atoms with Crippen LogP contribution in [0.3, 0.4) is 0 Å². The van der Waals surface area contributed by atoms with Crippen molar-refractivity contribution in [1.29, 1.82) is 0 Å². The van der Waals surface area contributed by atoms with Gasteiger partial charge in [0.2, 0.25) is 0 Å². The highest BCUT2D eigenvalue weighted by molar-refractivity contribution is 7.98. The summed E-state index contributed by atoms with van der Waals surface area (Å²) in [7, 11) is 0. The second-order valence-electron chi connectivity index (χ2n) is 10.5. The van der Waals surface area contributed by atoms with Crippen molar-refractivity contribution in [3.8, 4) is 11.5 Å². The predicted molar refractivity (Wildman–Crippen MR) is 166 cm³/mol. The molecule has 0 aliphatic carbocycles. The van der Waals surface area contributed by atoms with Gasteiger partial charge in [0.25, 0.3) is 0 Å². The normalized spacial score (nSPS) is 18.6. The Bertz CT molecular complexity index is 998. The first-order valence-corrected chi connectivity index (χ1v) is 16.7. The highest BCUT2D eigenvalue weighted by Gasteiger charge is 2.22. The Morgan fingerprint density at radius 3 is 0.875 bits per heavy atom. The Labute approximate surface area is 249 Å². The lowest BCUT2D eigenvalue weighted by Crippen LogP contribution is -2.15. The number of hydrogen-bond acceptors (Lipinski definition) is 8. The first-order chi connectivity index (χ1) is 19.4. The molecule has 0 aromatic heterocycles. The van der Waals surface area contributed by atoms with Crippen LogP contribution in [0.2, 0.25) is 0 Å². The molecule has 3 heterocycles. The Kier molecular flexibility index (Phi) is 12.4. The van der Waals surface area contributed by atoms with E-state index in [1.807, 2.05) is 23.5 Å². The number of fused-ring (bicyclic) bond motifs is 19. The third-order valence-corrected chi connectivity index (χ3v) is 10.0. The molecule has 2 aromatic carbocycles. The van der Waals surface area contributed by atoms with Crippen molar-refractivity contribution in [2.45, 2.75) is 64.6 Å². The maximum Gasteiger partial charge on any atom is 0.125 e. The van der Waals surface area contributed by atoms with Gasteiger partial charge < -0.3 is 28.4 Å². The van der Waals surface area contributed by atoms with Crippen molar-refractivity contribution in [3.63, 3.8) is 0 Å². The highest BCUT2D eigenvalue weighted by Crippen LogP contribution is 2.41. The van der Waals surface area contributed by atoms with Crippen molar-refractivity contribution in [3.05, 3.63) is 55.6 Å². The highest BCUT2D eigenvalue weighted by atomic mass is 32.2. The summed E-state index contributed by atoms with van der Waals surface area (Å²) >= 11 is 3.97. The fourth-order valence-corrected chi connectivity index (χ4v) is 8.33. The van der Waals surface area contributed by atoms with E-state index in [4.69, 9.17) is 28.4 Å². The molecule has 5 rings (SSSR count). The largest absolute Gasteiger partial charge is 0.491 e. The van der Waals surface area contributed by atoms with Gasteiger partial charge in [-0.3, -0.25) is 0 Å². The third-order valence-electron chi connectivity index (χ3n) is 8.03. The number of hydrogen-bond donors (Lipinski definition) is 0. The summed E-state index contributed by atoms with van der Waals surface area (Å²) < 4.78 is 35.6. The Balaban J connectivity index is 1.64. The molecule has 40 heavy (non-hydrogen) atoms. The van der Waals surface area contributed by atoms with Gasteiger partial charge >= 0.3 is 0 Å². The summed E-state index contributed by atoms with van der Waals surface area (Å²) in [6.07, 6.45) is 0. The topological polar surface area (TPSA) is 55.4 Å². The minimum Gasteiger partial charge on any atom is -0.491 e. The van der Waals surface area contributed by atoms with Crippen LogP contribution in [-0.4, -0.2) is 66.1 Å². The standard InChI is InChI=1S/C32H46O6S2/c1-21-27-17-39-19-29-22(2)30-20-40-18-28(21)24(4)31(23(27)3)37-15-13-35-11-9-33-7-8-34-10-12-36-14-16-38-32(25(29)5)26(30)6/h7-20H2,1-6H3. The zero-order valence-electron chi connectivity index (χ0n) is 25.2. The predicted octanol–water partition coefficient (Wildman–Crippen LogP) is 6.55. The molecule has 222 valence electrons. The molecule has 6 nitrogen and oxygen atoms in total. The number of benzene rings is 2. The first-order valence-electron chi connectivity index (χ1n) is 14.4. The number of thioether (sulfide) groups is 2. The molecule has 8 heteroatoms. The van der Waals surface area contributed by atoms with Gasteiger partial charge in [-0.15, -0.1) is 0 Å². The second-order valence-corrected chi connectivity index (χ2v) is 12.4. The summed E-state index contributed by atoms with van der Waals surface area (Å²) in [5.74, 6) is 5.86. The molecule has 3 aliphatic heterocycles. The van der Waals surface area contributed by atoms with Crippen LogP contribution in [0.1, 0.15) is 55.6 Å². The van der Waals surface area contributed by atoms with Crippen molar-refractivity contribution in [1.82, 2.24) is 0 Å². The van der Waals surface area contributed by atoms with Crippen molar-refractivity contribution in [2.75, 3.05) is 66.1 Å². The van der Waals surface area contributed by atoms with E-state index < -0.39 is 0 Å². The van der Waals surface area contributed by atoms with Crippen LogP contribution < -0.4 is 9.47 Å². The Morgan fingerprint density at radius 2 is 0.600 bits per heavy atom. The van der Waals surface area contributed by atoms with Crippen LogP contribution in [0.4, 0.5) is 0 Å². The van der Waals surface area contributed by atoms with Crippen LogP contribution in [0.5, 0.6) is 11.5 Å². The van der Waals surface area contributed by atoms with Gasteiger partial charge in [-0.1, -0.05) is 0 Å². The van der Waals surface area contributed by atoms with Gasteiger partial charge in [-0.05, 0) is 97.2 Å².